The van der Waals surface area contributed by atoms with Gasteiger partial charge >= 0.3 is 5.97 Å². The van der Waals surface area contributed by atoms with Crippen molar-refractivity contribution in [2.45, 2.75) is 13.3 Å². The second kappa shape index (κ2) is 7.32. The van der Waals surface area contributed by atoms with Crippen LogP contribution in [0.15, 0.2) is 18.2 Å². The molecule has 19 heavy (non-hydrogen) atoms. The Morgan fingerprint density at radius 2 is 2.11 bits per heavy atom. The zero-order valence-electron chi connectivity index (χ0n) is 10.5. The molecule has 0 aromatic heterocycles. The Hall–Kier alpha value is -2.15. The molecule has 0 saturated heterocycles. The van der Waals surface area contributed by atoms with E-state index < -0.39 is 22.1 Å². The van der Waals surface area contributed by atoms with Crippen molar-refractivity contribution in [3.05, 3.63) is 33.9 Å². The van der Waals surface area contributed by atoms with Gasteiger partial charge in [0.1, 0.15) is 12.4 Å². The molecule has 7 heteroatoms. The summed E-state index contributed by atoms with van der Waals surface area (Å²) in [6.07, 6.45) is 0.872. The van der Waals surface area contributed by atoms with E-state index in [1.165, 1.54) is 12.1 Å². The molecule has 0 aliphatic rings. The van der Waals surface area contributed by atoms with Crippen LogP contribution in [0.5, 0.6) is 5.75 Å². The highest BCUT2D eigenvalue weighted by Crippen LogP contribution is 2.28. The summed E-state index contributed by atoms with van der Waals surface area (Å²) in [5.41, 5.74) is -0.928. The third-order valence-electron chi connectivity index (χ3n) is 2.25. The smallest absolute Gasteiger partial charge is 0.346 e. The summed E-state index contributed by atoms with van der Waals surface area (Å²) in [5.74, 6) is -1.42. The maximum absolute atomic E-state index is 11.1. The lowest BCUT2D eigenvalue weighted by Crippen LogP contribution is -2.11. The predicted molar refractivity (Wildman–Crippen MR) is 66.7 cm³/mol. The highest BCUT2D eigenvalue weighted by atomic mass is 16.6. The van der Waals surface area contributed by atoms with Crippen molar-refractivity contribution >= 4 is 11.7 Å². The van der Waals surface area contributed by atoms with Crippen LogP contribution in [0.3, 0.4) is 0 Å². The van der Waals surface area contributed by atoms with Crippen molar-refractivity contribution in [3.8, 4) is 5.75 Å². The summed E-state index contributed by atoms with van der Waals surface area (Å²) >= 11 is 0. The first-order chi connectivity index (χ1) is 9.07. The SMILES string of the molecule is CCCOCCOc1cccc([N+](=O)[O-])c1C(=O)O. The molecule has 0 amide bonds. The van der Waals surface area contributed by atoms with E-state index in [4.69, 9.17) is 14.6 Å². The zero-order valence-corrected chi connectivity index (χ0v) is 10.5. The number of nitrogens with zero attached hydrogens (tertiary/aromatic N) is 1. The van der Waals surface area contributed by atoms with Gasteiger partial charge in [-0.05, 0) is 12.5 Å². The van der Waals surface area contributed by atoms with Crippen molar-refractivity contribution < 1.29 is 24.3 Å². The number of nitro benzene ring substituents is 1. The van der Waals surface area contributed by atoms with Crippen LogP contribution >= 0.6 is 0 Å². The number of carboxylic acids is 1. The minimum Gasteiger partial charge on any atom is -0.490 e. The first-order valence-corrected chi connectivity index (χ1v) is 5.79. The minimum absolute atomic E-state index is 0.0261. The lowest BCUT2D eigenvalue weighted by atomic mass is 10.1. The molecular weight excluding hydrogens is 254 g/mol. The summed E-state index contributed by atoms with van der Waals surface area (Å²) < 4.78 is 10.4. The maximum atomic E-state index is 11.1. The van der Waals surface area contributed by atoms with Gasteiger partial charge < -0.3 is 14.6 Å². The van der Waals surface area contributed by atoms with Crippen molar-refractivity contribution in [3.63, 3.8) is 0 Å². The summed E-state index contributed by atoms with van der Waals surface area (Å²) in [6, 6.07) is 3.90. The van der Waals surface area contributed by atoms with Crippen LogP contribution < -0.4 is 4.74 Å². The number of ether oxygens (including phenoxy) is 2. The number of carboxylic acid groups (broad SMARTS) is 1. The molecule has 7 nitrogen and oxygen atoms in total. The van der Waals surface area contributed by atoms with E-state index in [-0.39, 0.29) is 12.4 Å². The monoisotopic (exact) mass is 269 g/mol. The first kappa shape index (κ1) is 14.9. The molecule has 0 heterocycles. The molecule has 0 unspecified atom stereocenters. The number of hydrogen-bond acceptors (Lipinski definition) is 5. The summed E-state index contributed by atoms with van der Waals surface area (Å²) in [6.45, 7) is 2.99. The molecule has 0 atom stereocenters. The van der Waals surface area contributed by atoms with E-state index in [1.807, 2.05) is 6.92 Å². The molecule has 1 aromatic rings. The van der Waals surface area contributed by atoms with Gasteiger partial charge in [-0.2, -0.15) is 0 Å². The summed E-state index contributed by atoms with van der Waals surface area (Å²) in [7, 11) is 0. The quantitative estimate of drug-likeness (QED) is 0.440. The van der Waals surface area contributed by atoms with Crippen LogP contribution in [-0.2, 0) is 4.74 Å². The van der Waals surface area contributed by atoms with Crippen LogP contribution in [0.4, 0.5) is 5.69 Å². The Morgan fingerprint density at radius 3 is 2.68 bits per heavy atom. The molecular formula is C12H15NO6. The number of rotatable bonds is 8. The van der Waals surface area contributed by atoms with E-state index in [0.717, 1.165) is 12.5 Å². The van der Waals surface area contributed by atoms with Gasteiger partial charge in [0.05, 0.1) is 11.5 Å². The topological polar surface area (TPSA) is 98.9 Å². The molecule has 1 aromatic carbocycles. The van der Waals surface area contributed by atoms with Gasteiger partial charge in [-0.25, -0.2) is 4.79 Å². The molecule has 0 fully saturated rings. The second-order valence-corrected chi connectivity index (χ2v) is 3.67. The van der Waals surface area contributed by atoms with Gasteiger partial charge in [0, 0.05) is 12.7 Å². The summed E-state index contributed by atoms with van der Waals surface area (Å²) in [4.78, 5) is 21.1. The minimum atomic E-state index is -1.39. The van der Waals surface area contributed by atoms with Crippen LogP contribution in [0.1, 0.15) is 23.7 Å². The fraction of sp³-hybridized carbons (Fsp3) is 0.417. The van der Waals surface area contributed by atoms with Gasteiger partial charge in [-0.15, -0.1) is 0 Å². The van der Waals surface area contributed by atoms with Crippen LogP contribution in [-0.4, -0.2) is 35.8 Å². The lowest BCUT2D eigenvalue weighted by Gasteiger charge is -2.09. The van der Waals surface area contributed by atoms with Crippen LogP contribution in [0, 0.1) is 10.1 Å². The first-order valence-electron chi connectivity index (χ1n) is 5.79. The van der Waals surface area contributed by atoms with Crippen molar-refractivity contribution in [2.24, 2.45) is 0 Å². The molecule has 0 aliphatic heterocycles. The third-order valence-corrected chi connectivity index (χ3v) is 2.25. The molecule has 0 saturated carbocycles. The van der Waals surface area contributed by atoms with Gasteiger partial charge in [0.15, 0.2) is 5.56 Å². The van der Waals surface area contributed by atoms with E-state index >= 15 is 0 Å². The Balaban J connectivity index is 2.80. The number of carbonyl (C=O) groups is 1. The third kappa shape index (κ3) is 4.22. The molecule has 104 valence electrons. The van der Waals surface area contributed by atoms with Crippen LogP contribution in [0.25, 0.3) is 0 Å². The van der Waals surface area contributed by atoms with Crippen LogP contribution in [0.2, 0.25) is 0 Å². The highest BCUT2D eigenvalue weighted by molar-refractivity contribution is 5.95. The van der Waals surface area contributed by atoms with Gasteiger partial charge in [-0.3, -0.25) is 10.1 Å². The van der Waals surface area contributed by atoms with Gasteiger partial charge in [-0.1, -0.05) is 13.0 Å². The second-order valence-electron chi connectivity index (χ2n) is 3.67. The van der Waals surface area contributed by atoms with Gasteiger partial charge in [0.25, 0.3) is 5.69 Å². The molecule has 0 aliphatic carbocycles. The van der Waals surface area contributed by atoms with Crippen molar-refractivity contribution in [1.82, 2.24) is 0 Å². The Bertz CT molecular complexity index is 460. The van der Waals surface area contributed by atoms with E-state index in [9.17, 15) is 14.9 Å². The zero-order chi connectivity index (χ0) is 14.3. The maximum Gasteiger partial charge on any atom is 0.346 e. The summed E-state index contributed by atoms with van der Waals surface area (Å²) in [5, 5.41) is 19.8. The van der Waals surface area contributed by atoms with Crippen molar-refractivity contribution in [2.75, 3.05) is 19.8 Å². The van der Waals surface area contributed by atoms with E-state index in [0.29, 0.717) is 13.2 Å². The van der Waals surface area contributed by atoms with E-state index in [2.05, 4.69) is 0 Å². The molecule has 1 rings (SSSR count). The average Bonchev–Trinajstić information content (AvgIpc) is 2.37. The molecule has 0 spiro atoms. The lowest BCUT2D eigenvalue weighted by molar-refractivity contribution is -0.385. The number of aromatic carboxylic acids is 1. The van der Waals surface area contributed by atoms with E-state index in [1.54, 1.807) is 0 Å². The molecule has 1 N–H and O–H groups in total. The normalized spacial score (nSPS) is 10.2. The Kier molecular flexibility index (Phi) is 5.74. The van der Waals surface area contributed by atoms with Crippen molar-refractivity contribution in [1.29, 1.82) is 0 Å². The Morgan fingerprint density at radius 1 is 1.37 bits per heavy atom. The van der Waals surface area contributed by atoms with Gasteiger partial charge in [0.2, 0.25) is 0 Å². The molecule has 0 radical (unpaired) electrons. The average molecular weight is 269 g/mol. The fourth-order valence-electron chi connectivity index (χ4n) is 1.46. The largest absolute Gasteiger partial charge is 0.490 e. The molecule has 0 bridgehead atoms. The standard InChI is InChI=1S/C12H15NO6/c1-2-6-18-7-8-19-10-5-3-4-9(13(16)17)11(10)12(14)15/h3-5H,2,6-8H2,1H3,(H,14,15). The Labute approximate surface area is 109 Å². The predicted octanol–water partition coefficient (Wildman–Crippen LogP) is 2.10. The fourth-order valence-corrected chi connectivity index (χ4v) is 1.46. The highest BCUT2D eigenvalue weighted by Gasteiger charge is 2.24. The number of benzene rings is 1. The number of hydrogen-bond donors (Lipinski definition) is 1. The number of nitro groups is 1.